The monoisotopic (exact) mass is 392 g/mol. The van der Waals surface area contributed by atoms with Crippen molar-refractivity contribution in [3.8, 4) is 11.5 Å². The molecule has 1 aromatic heterocycles. The summed E-state index contributed by atoms with van der Waals surface area (Å²) in [4.78, 5) is 19.6. The van der Waals surface area contributed by atoms with Gasteiger partial charge in [-0.2, -0.15) is 0 Å². The first-order valence-corrected chi connectivity index (χ1v) is 9.34. The number of fused-ring (bicyclic) bond motifs is 3. The van der Waals surface area contributed by atoms with Gasteiger partial charge >= 0.3 is 0 Å². The summed E-state index contributed by atoms with van der Waals surface area (Å²) in [5.41, 5.74) is 4.02. The van der Waals surface area contributed by atoms with Crippen molar-refractivity contribution in [3.63, 3.8) is 0 Å². The topological polar surface area (TPSA) is 68.6 Å². The van der Waals surface area contributed by atoms with Crippen LogP contribution in [0, 0.1) is 0 Å². The summed E-state index contributed by atoms with van der Waals surface area (Å²) in [6.07, 6.45) is 0. The Morgan fingerprint density at radius 2 is 1.90 bits per heavy atom. The first kappa shape index (κ1) is 18.9. The van der Waals surface area contributed by atoms with E-state index in [1.165, 1.54) is 0 Å². The number of aromatic nitrogens is 2. The highest BCUT2D eigenvalue weighted by Crippen LogP contribution is 2.43. The minimum atomic E-state index is -0.418. The lowest BCUT2D eigenvalue weighted by atomic mass is 9.93. The lowest BCUT2D eigenvalue weighted by Gasteiger charge is -2.32. The number of hydrogen-bond acceptors (Lipinski definition) is 5. The maximum atomic E-state index is 13.2. The van der Waals surface area contributed by atoms with E-state index in [0.717, 1.165) is 22.3 Å². The minimum Gasteiger partial charge on any atom is -0.497 e. The molecule has 0 radical (unpaired) electrons. The van der Waals surface area contributed by atoms with E-state index in [9.17, 15) is 4.79 Å². The number of carbonyl (C=O) groups is 1. The molecule has 1 aliphatic heterocycles. The molecule has 0 aliphatic carbocycles. The zero-order valence-electron chi connectivity index (χ0n) is 17.2. The molecule has 0 spiro atoms. The van der Waals surface area contributed by atoms with Crippen LogP contribution in [0.25, 0.3) is 11.0 Å². The van der Waals surface area contributed by atoms with Crippen molar-refractivity contribution < 1.29 is 14.3 Å². The van der Waals surface area contributed by atoms with Crippen molar-refractivity contribution >= 4 is 22.9 Å². The Balaban J connectivity index is 2.06. The summed E-state index contributed by atoms with van der Waals surface area (Å²) >= 11 is 0. The summed E-state index contributed by atoms with van der Waals surface area (Å²) < 4.78 is 13.2. The maximum absolute atomic E-state index is 13.2. The number of likely N-dealkylation sites (N-methyl/N-ethyl adjacent to an activating group) is 1. The Bertz CT molecular complexity index is 1130. The van der Waals surface area contributed by atoms with E-state index < -0.39 is 6.04 Å². The predicted molar refractivity (Wildman–Crippen MR) is 112 cm³/mol. The van der Waals surface area contributed by atoms with Gasteiger partial charge in [0.2, 0.25) is 5.95 Å². The number of nitrogens with zero attached hydrogens (tertiary/aromatic N) is 3. The van der Waals surface area contributed by atoms with Gasteiger partial charge in [-0.1, -0.05) is 12.1 Å². The molecule has 2 heterocycles. The fourth-order valence-electron chi connectivity index (χ4n) is 3.83. The number of imidazole rings is 1. The zero-order valence-corrected chi connectivity index (χ0v) is 17.2. The van der Waals surface area contributed by atoms with E-state index in [0.29, 0.717) is 23.0 Å². The Labute approximate surface area is 169 Å². The molecule has 1 atom stereocenters. The average molecular weight is 392 g/mol. The van der Waals surface area contributed by atoms with Gasteiger partial charge in [-0.25, -0.2) is 4.98 Å². The van der Waals surface area contributed by atoms with Gasteiger partial charge in [-0.3, -0.25) is 9.36 Å². The van der Waals surface area contributed by atoms with Gasteiger partial charge in [0.05, 0.1) is 36.9 Å². The fourth-order valence-corrected chi connectivity index (χ4v) is 3.83. The number of benzene rings is 2. The zero-order chi connectivity index (χ0) is 20.7. The highest BCUT2D eigenvalue weighted by Gasteiger charge is 2.36. The van der Waals surface area contributed by atoms with Crippen LogP contribution in [0.2, 0.25) is 0 Å². The maximum Gasteiger partial charge on any atom is 0.253 e. The van der Waals surface area contributed by atoms with Crippen molar-refractivity contribution in [2.75, 3.05) is 33.6 Å². The van der Waals surface area contributed by atoms with E-state index in [1.807, 2.05) is 49.4 Å². The summed E-state index contributed by atoms with van der Waals surface area (Å²) in [6, 6.07) is 13.1. The number of carbonyl (C=O) groups excluding carboxylic acids is 1. The van der Waals surface area contributed by atoms with Gasteiger partial charge in [-0.05, 0) is 37.3 Å². The number of para-hydroxylation sites is 2. The Kier molecular flexibility index (Phi) is 4.66. The van der Waals surface area contributed by atoms with Gasteiger partial charge in [0.25, 0.3) is 5.91 Å². The summed E-state index contributed by atoms with van der Waals surface area (Å²) in [6.45, 7) is 1.90. The number of ether oxygens (including phenoxy) is 2. The van der Waals surface area contributed by atoms with Gasteiger partial charge in [0.15, 0.2) is 0 Å². The molecule has 0 fully saturated rings. The van der Waals surface area contributed by atoms with Crippen LogP contribution in [-0.4, -0.2) is 48.7 Å². The van der Waals surface area contributed by atoms with E-state index in [4.69, 9.17) is 14.5 Å². The van der Waals surface area contributed by atoms with Crippen LogP contribution < -0.4 is 14.8 Å². The van der Waals surface area contributed by atoms with Crippen molar-refractivity contribution in [3.05, 3.63) is 59.3 Å². The Hall–Kier alpha value is -3.48. The first-order chi connectivity index (χ1) is 14.0. The third kappa shape index (κ3) is 2.99. The average Bonchev–Trinajstić information content (AvgIpc) is 3.09. The van der Waals surface area contributed by atoms with Crippen molar-refractivity contribution in [1.82, 2.24) is 14.5 Å². The molecule has 2 aromatic carbocycles. The molecular formula is C22H24N4O3. The molecule has 7 heteroatoms. The van der Waals surface area contributed by atoms with Crippen molar-refractivity contribution in [1.29, 1.82) is 0 Å². The number of allylic oxidation sites excluding steroid dienone is 1. The number of methoxy groups -OCH3 is 2. The van der Waals surface area contributed by atoms with Crippen molar-refractivity contribution in [2.24, 2.45) is 0 Å². The second-order valence-corrected chi connectivity index (χ2v) is 7.17. The third-order valence-corrected chi connectivity index (χ3v) is 5.20. The molecule has 0 saturated heterocycles. The standard InChI is InChI=1S/C22H24N4O3/c1-13-19(21(27)25(2)3)20(15-12-14(28-4)10-11-18(15)29-5)26-17-9-7-6-8-16(17)24-22(26)23-13/h6-12,20H,1-5H3,(H,23,24)/t20-/m0/s1. The second-order valence-electron chi connectivity index (χ2n) is 7.17. The number of nitrogens with one attached hydrogen (secondary N) is 1. The summed E-state index contributed by atoms with van der Waals surface area (Å²) in [5, 5.41) is 3.31. The van der Waals surface area contributed by atoms with E-state index >= 15 is 0 Å². The number of rotatable bonds is 4. The molecule has 3 aromatic rings. The molecule has 0 saturated carbocycles. The second kappa shape index (κ2) is 7.16. The fraction of sp³-hybridized carbons (Fsp3) is 0.273. The van der Waals surface area contributed by atoms with Gasteiger partial charge in [-0.15, -0.1) is 0 Å². The van der Waals surface area contributed by atoms with E-state index in [2.05, 4.69) is 9.88 Å². The summed E-state index contributed by atoms with van der Waals surface area (Å²) in [7, 11) is 6.76. The first-order valence-electron chi connectivity index (χ1n) is 9.34. The molecule has 1 N–H and O–H groups in total. The van der Waals surface area contributed by atoms with Crippen LogP contribution in [0.1, 0.15) is 18.5 Å². The van der Waals surface area contributed by atoms with E-state index in [1.54, 1.807) is 33.2 Å². The molecule has 29 heavy (non-hydrogen) atoms. The molecule has 1 amide bonds. The normalized spacial score (nSPS) is 15.7. The van der Waals surface area contributed by atoms with Crippen LogP contribution >= 0.6 is 0 Å². The summed E-state index contributed by atoms with van der Waals surface area (Å²) in [5.74, 6) is 1.99. The van der Waals surface area contributed by atoms with Crippen LogP contribution in [0.5, 0.6) is 11.5 Å². The molecule has 4 rings (SSSR count). The van der Waals surface area contributed by atoms with Crippen LogP contribution in [-0.2, 0) is 4.79 Å². The SMILES string of the molecule is COc1ccc(OC)c([C@H]2C(C(=O)N(C)C)=C(C)Nc3nc4ccccc4n32)c1. The molecule has 150 valence electrons. The molecule has 1 aliphatic rings. The number of hydrogen-bond donors (Lipinski definition) is 1. The van der Waals surface area contributed by atoms with Crippen LogP contribution in [0.15, 0.2) is 53.7 Å². The van der Waals surface area contributed by atoms with Gasteiger partial charge < -0.3 is 19.7 Å². The molecular weight excluding hydrogens is 368 g/mol. The Morgan fingerprint density at radius 1 is 1.14 bits per heavy atom. The molecule has 0 unspecified atom stereocenters. The molecule has 7 nitrogen and oxygen atoms in total. The van der Waals surface area contributed by atoms with Gasteiger partial charge in [0.1, 0.15) is 11.5 Å². The smallest absolute Gasteiger partial charge is 0.253 e. The largest absolute Gasteiger partial charge is 0.497 e. The van der Waals surface area contributed by atoms with Gasteiger partial charge in [0, 0.05) is 25.4 Å². The lowest BCUT2D eigenvalue weighted by Crippen LogP contribution is -2.34. The third-order valence-electron chi connectivity index (χ3n) is 5.20. The van der Waals surface area contributed by atoms with Crippen LogP contribution in [0.4, 0.5) is 5.95 Å². The van der Waals surface area contributed by atoms with Crippen molar-refractivity contribution in [2.45, 2.75) is 13.0 Å². The highest BCUT2D eigenvalue weighted by atomic mass is 16.5. The quantitative estimate of drug-likeness (QED) is 0.737. The highest BCUT2D eigenvalue weighted by molar-refractivity contribution is 5.97. The number of amides is 1. The minimum absolute atomic E-state index is 0.0756. The Morgan fingerprint density at radius 3 is 2.59 bits per heavy atom. The lowest BCUT2D eigenvalue weighted by molar-refractivity contribution is -0.125. The molecule has 0 bridgehead atoms. The van der Waals surface area contributed by atoms with E-state index in [-0.39, 0.29) is 5.91 Å². The van der Waals surface area contributed by atoms with Crippen LogP contribution in [0.3, 0.4) is 0 Å². The predicted octanol–water partition coefficient (Wildman–Crippen LogP) is 3.43. The number of anilines is 1.